The van der Waals surface area contributed by atoms with Crippen LogP contribution >= 0.6 is 0 Å². The van der Waals surface area contributed by atoms with Crippen LogP contribution in [0.1, 0.15) is 24.2 Å². The number of carbonyl (C=O) groups excluding carboxylic acids is 2. The molecule has 2 aromatic rings. The Morgan fingerprint density at radius 3 is 2.26 bits per heavy atom. The van der Waals surface area contributed by atoms with Gasteiger partial charge in [0, 0.05) is 0 Å². The van der Waals surface area contributed by atoms with Crippen molar-refractivity contribution in [1.82, 2.24) is 0 Å². The third-order valence-electron chi connectivity index (χ3n) is 2.75. The Morgan fingerprint density at radius 1 is 0.870 bits per heavy atom. The second-order valence-corrected chi connectivity index (χ2v) is 4.89. The van der Waals surface area contributed by atoms with Gasteiger partial charge in [-0.1, -0.05) is 42.5 Å². The number of hydrogen-bond donors (Lipinski definition) is 0. The summed E-state index contributed by atoms with van der Waals surface area (Å²) in [4.78, 5) is 31.5. The fraction of sp³-hybridized carbons (Fsp3) is 0.176. The van der Waals surface area contributed by atoms with Gasteiger partial charge in [-0.15, -0.1) is 0 Å². The van der Waals surface area contributed by atoms with Crippen LogP contribution in [0.25, 0.3) is 11.1 Å². The van der Waals surface area contributed by atoms with Crippen molar-refractivity contribution in [2.45, 2.75) is 20.0 Å². The van der Waals surface area contributed by atoms with Gasteiger partial charge in [-0.25, -0.2) is 14.5 Å². The molecule has 0 spiro atoms. The minimum atomic E-state index is -1.09. The molecule has 0 radical (unpaired) electrons. The number of rotatable bonds is 5. The van der Waals surface area contributed by atoms with Crippen LogP contribution in [0.5, 0.6) is 0 Å². The normalized spacial score (nSPS) is 10.2. The van der Waals surface area contributed by atoms with Crippen molar-refractivity contribution in [2.24, 2.45) is 0 Å². The molecule has 0 amide bonds. The molecule has 0 saturated carbocycles. The van der Waals surface area contributed by atoms with Crippen molar-refractivity contribution >= 4 is 12.1 Å². The molecule has 2 rings (SSSR count). The quantitative estimate of drug-likeness (QED) is 0.473. The lowest BCUT2D eigenvalue weighted by Gasteiger charge is -2.07. The maximum Gasteiger partial charge on any atom is 0.543 e. The van der Waals surface area contributed by atoms with Crippen LogP contribution in [-0.2, 0) is 19.6 Å². The molecule has 0 heterocycles. The molecule has 6 heteroatoms. The van der Waals surface area contributed by atoms with E-state index in [1.165, 1.54) is 0 Å². The SMILES string of the molecule is CC(C)OC(=O)OOOC(=O)c1cccc(-c2ccccc2)c1. The van der Waals surface area contributed by atoms with E-state index in [1.54, 1.807) is 32.0 Å². The van der Waals surface area contributed by atoms with E-state index in [0.29, 0.717) is 0 Å². The van der Waals surface area contributed by atoms with Crippen molar-refractivity contribution in [2.75, 3.05) is 0 Å². The smallest absolute Gasteiger partial charge is 0.430 e. The Hall–Kier alpha value is -2.86. The van der Waals surface area contributed by atoms with Crippen LogP contribution in [0, 0.1) is 0 Å². The van der Waals surface area contributed by atoms with E-state index in [0.717, 1.165) is 11.1 Å². The van der Waals surface area contributed by atoms with E-state index in [-0.39, 0.29) is 11.7 Å². The van der Waals surface area contributed by atoms with Gasteiger partial charge in [-0.2, -0.15) is 0 Å². The lowest BCUT2D eigenvalue weighted by atomic mass is 10.0. The van der Waals surface area contributed by atoms with E-state index in [2.05, 4.69) is 19.6 Å². The van der Waals surface area contributed by atoms with Gasteiger partial charge in [0.05, 0.1) is 16.7 Å². The zero-order chi connectivity index (χ0) is 16.7. The zero-order valence-corrected chi connectivity index (χ0v) is 12.7. The molecule has 2 aromatic carbocycles. The van der Waals surface area contributed by atoms with Gasteiger partial charge in [-0.3, -0.25) is 4.89 Å². The first kappa shape index (κ1) is 16.5. The van der Waals surface area contributed by atoms with E-state index in [4.69, 9.17) is 0 Å². The monoisotopic (exact) mass is 316 g/mol. The van der Waals surface area contributed by atoms with Gasteiger partial charge in [0.25, 0.3) is 0 Å². The Kier molecular flexibility index (Phi) is 5.71. The molecule has 0 aliphatic heterocycles. The molecule has 0 aliphatic rings. The molecule has 120 valence electrons. The summed E-state index contributed by atoms with van der Waals surface area (Å²) >= 11 is 0. The van der Waals surface area contributed by atoms with Crippen molar-refractivity contribution in [3.05, 3.63) is 60.2 Å². The summed E-state index contributed by atoms with van der Waals surface area (Å²) < 4.78 is 4.64. The predicted octanol–water partition coefficient (Wildman–Crippen LogP) is 3.92. The second kappa shape index (κ2) is 7.95. The van der Waals surface area contributed by atoms with E-state index in [1.807, 2.05) is 36.4 Å². The van der Waals surface area contributed by atoms with Gasteiger partial charge >= 0.3 is 12.1 Å². The van der Waals surface area contributed by atoms with Gasteiger partial charge in [0.1, 0.15) is 0 Å². The average Bonchev–Trinajstić information content (AvgIpc) is 2.55. The maximum absolute atomic E-state index is 11.9. The van der Waals surface area contributed by atoms with Crippen LogP contribution in [0.3, 0.4) is 0 Å². The lowest BCUT2D eigenvalue weighted by molar-refractivity contribution is -0.452. The summed E-state index contributed by atoms with van der Waals surface area (Å²) in [5.74, 6) is -0.792. The average molecular weight is 316 g/mol. The van der Waals surface area contributed by atoms with E-state index < -0.39 is 12.1 Å². The highest BCUT2D eigenvalue weighted by Crippen LogP contribution is 2.20. The summed E-state index contributed by atoms with van der Waals surface area (Å²) in [7, 11) is 0. The van der Waals surface area contributed by atoms with Crippen molar-refractivity contribution in [3.8, 4) is 11.1 Å². The predicted molar refractivity (Wildman–Crippen MR) is 81.1 cm³/mol. The first-order valence-electron chi connectivity index (χ1n) is 6.98. The fourth-order valence-electron chi connectivity index (χ4n) is 1.79. The maximum atomic E-state index is 11.9. The van der Waals surface area contributed by atoms with Crippen LogP contribution in [-0.4, -0.2) is 18.2 Å². The van der Waals surface area contributed by atoms with Crippen molar-refractivity contribution in [1.29, 1.82) is 0 Å². The molecule has 0 fully saturated rings. The van der Waals surface area contributed by atoms with Crippen LogP contribution in [0.15, 0.2) is 54.6 Å². The zero-order valence-electron chi connectivity index (χ0n) is 12.7. The molecule has 0 unspecified atom stereocenters. The third-order valence-corrected chi connectivity index (χ3v) is 2.75. The van der Waals surface area contributed by atoms with Crippen molar-refractivity contribution < 1.29 is 29.1 Å². The topological polar surface area (TPSA) is 71.1 Å². The fourth-order valence-corrected chi connectivity index (χ4v) is 1.79. The Balaban J connectivity index is 1.94. The van der Waals surface area contributed by atoms with Crippen LogP contribution in [0.4, 0.5) is 4.79 Å². The highest BCUT2D eigenvalue weighted by molar-refractivity contribution is 5.90. The summed E-state index contributed by atoms with van der Waals surface area (Å²) in [6.45, 7) is 3.28. The van der Waals surface area contributed by atoms with Gasteiger partial charge in [-0.05, 0) is 37.1 Å². The standard InChI is InChI=1S/C17H16O6/c1-12(2)20-17(19)22-23-21-16(18)15-10-6-9-14(11-15)13-7-4-3-5-8-13/h3-12H,1-2H3. The molecule has 6 nitrogen and oxygen atoms in total. The second-order valence-electron chi connectivity index (χ2n) is 4.89. The Morgan fingerprint density at radius 2 is 1.57 bits per heavy atom. The Labute approximate surface area is 133 Å². The molecule has 0 bridgehead atoms. The lowest BCUT2D eigenvalue weighted by Crippen LogP contribution is -2.15. The molecular weight excluding hydrogens is 300 g/mol. The molecule has 0 N–H and O–H groups in total. The number of ether oxygens (including phenoxy) is 1. The van der Waals surface area contributed by atoms with E-state index >= 15 is 0 Å². The number of hydrogen-bond acceptors (Lipinski definition) is 6. The van der Waals surface area contributed by atoms with Crippen LogP contribution in [0.2, 0.25) is 0 Å². The molecule has 23 heavy (non-hydrogen) atoms. The van der Waals surface area contributed by atoms with Gasteiger partial charge in [0.15, 0.2) is 0 Å². The molecule has 0 aromatic heterocycles. The molecule has 0 saturated heterocycles. The number of benzene rings is 2. The number of carbonyl (C=O) groups is 2. The largest absolute Gasteiger partial charge is 0.543 e. The summed E-state index contributed by atoms with van der Waals surface area (Å²) in [5, 5.41) is 4.13. The highest BCUT2D eigenvalue weighted by Gasteiger charge is 2.13. The summed E-state index contributed by atoms with van der Waals surface area (Å²) in [5.41, 5.74) is 2.06. The Bertz CT molecular complexity index is 666. The van der Waals surface area contributed by atoms with Crippen LogP contribution < -0.4 is 0 Å². The van der Waals surface area contributed by atoms with Crippen molar-refractivity contribution in [3.63, 3.8) is 0 Å². The first-order chi connectivity index (χ1) is 11.1. The third kappa shape index (κ3) is 5.12. The molecule has 0 aliphatic carbocycles. The van der Waals surface area contributed by atoms with E-state index in [9.17, 15) is 9.59 Å². The minimum absolute atomic E-state index is 0.257. The summed E-state index contributed by atoms with van der Waals surface area (Å²) in [6.07, 6.45) is -1.46. The van der Waals surface area contributed by atoms with Gasteiger partial charge < -0.3 is 4.74 Å². The summed E-state index contributed by atoms with van der Waals surface area (Å²) in [6, 6.07) is 16.3. The van der Waals surface area contributed by atoms with Gasteiger partial charge in [0.2, 0.25) is 0 Å². The molecular formula is C17H16O6. The molecule has 0 atom stereocenters. The highest BCUT2D eigenvalue weighted by atomic mass is 17.5. The first-order valence-corrected chi connectivity index (χ1v) is 6.98. The minimum Gasteiger partial charge on any atom is -0.430 e.